The summed E-state index contributed by atoms with van der Waals surface area (Å²) >= 11 is 0. The highest BCUT2D eigenvalue weighted by atomic mass is 15.2. The third-order valence-corrected chi connectivity index (χ3v) is 4.72. The number of nitrogens with one attached hydrogen (secondary N) is 1. The van der Waals surface area contributed by atoms with Crippen LogP contribution in [0.2, 0.25) is 0 Å². The molecule has 0 radical (unpaired) electrons. The van der Waals surface area contributed by atoms with Crippen LogP contribution in [0.4, 0.5) is 0 Å². The average molecular weight is 238 g/mol. The molecule has 1 saturated carbocycles. The first-order valence-corrected chi connectivity index (χ1v) is 7.67. The molecule has 17 heavy (non-hydrogen) atoms. The number of rotatable bonds is 5. The van der Waals surface area contributed by atoms with Crippen LogP contribution in [-0.4, -0.2) is 36.1 Å². The van der Waals surface area contributed by atoms with Crippen LogP contribution in [0.1, 0.15) is 59.3 Å². The summed E-state index contributed by atoms with van der Waals surface area (Å²) in [5, 5.41) is 3.55. The predicted octanol–water partition coefficient (Wildman–Crippen LogP) is 3.03. The molecule has 1 aliphatic heterocycles. The van der Waals surface area contributed by atoms with Gasteiger partial charge in [0.25, 0.3) is 0 Å². The van der Waals surface area contributed by atoms with Crippen molar-refractivity contribution in [1.29, 1.82) is 0 Å². The number of likely N-dealkylation sites (tertiary alicyclic amines) is 1. The molecule has 0 aromatic rings. The van der Waals surface area contributed by atoms with Crippen molar-refractivity contribution >= 4 is 0 Å². The molecule has 0 aromatic heterocycles. The van der Waals surface area contributed by atoms with Gasteiger partial charge >= 0.3 is 0 Å². The zero-order chi connectivity index (χ0) is 12.3. The van der Waals surface area contributed by atoms with E-state index in [2.05, 4.69) is 31.0 Å². The summed E-state index contributed by atoms with van der Waals surface area (Å²) in [6.45, 7) is 9.43. The molecule has 1 heterocycles. The maximum atomic E-state index is 3.55. The highest BCUT2D eigenvalue weighted by Crippen LogP contribution is 2.37. The first-order valence-electron chi connectivity index (χ1n) is 7.67. The molecule has 0 bridgehead atoms. The van der Waals surface area contributed by atoms with Crippen molar-refractivity contribution in [3.8, 4) is 0 Å². The molecule has 0 spiro atoms. The number of hydrogen-bond acceptors (Lipinski definition) is 2. The Bertz CT molecular complexity index is 227. The number of fused-ring (bicyclic) bond motifs is 1. The van der Waals surface area contributed by atoms with E-state index >= 15 is 0 Å². The summed E-state index contributed by atoms with van der Waals surface area (Å²) < 4.78 is 0. The number of hydrogen-bond donors (Lipinski definition) is 1. The Kier molecular flexibility index (Phi) is 4.87. The molecule has 100 valence electrons. The summed E-state index contributed by atoms with van der Waals surface area (Å²) in [6, 6.07) is 2.33. The van der Waals surface area contributed by atoms with Crippen LogP contribution in [0, 0.1) is 5.92 Å². The lowest BCUT2D eigenvalue weighted by Crippen LogP contribution is -2.48. The molecule has 0 amide bonds. The topological polar surface area (TPSA) is 15.3 Å². The highest BCUT2D eigenvalue weighted by Gasteiger charge is 2.36. The Morgan fingerprint density at radius 1 is 1.12 bits per heavy atom. The first kappa shape index (κ1) is 13.4. The van der Waals surface area contributed by atoms with Gasteiger partial charge in [-0.2, -0.15) is 0 Å². The molecule has 2 nitrogen and oxygen atoms in total. The van der Waals surface area contributed by atoms with Crippen LogP contribution in [0.3, 0.4) is 0 Å². The van der Waals surface area contributed by atoms with E-state index in [-0.39, 0.29) is 0 Å². The monoisotopic (exact) mass is 238 g/mol. The largest absolute Gasteiger partial charge is 0.314 e. The van der Waals surface area contributed by atoms with Crippen LogP contribution in [0.15, 0.2) is 0 Å². The molecule has 1 saturated heterocycles. The fourth-order valence-corrected chi connectivity index (χ4v) is 3.79. The minimum Gasteiger partial charge on any atom is -0.314 e. The average Bonchev–Trinajstić information content (AvgIpc) is 2.75. The van der Waals surface area contributed by atoms with E-state index in [9.17, 15) is 0 Å². The van der Waals surface area contributed by atoms with E-state index in [4.69, 9.17) is 0 Å². The minimum absolute atomic E-state index is 0.628. The van der Waals surface area contributed by atoms with Crippen LogP contribution in [0.25, 0.3) is 0 Å². The standard InChI is InChI=1S/C15H30N2/c1-12(2)16-10-9-13(3)17-11-5-7-14-6-4-8-15(14)17/h12-16H,4-11H2,1-3H3. The molecule has 3 unspecified atom stereocenters. The van der Waals surface area contributed by atoms with E-state index in [1.807, 2.05) is 0 Å². The lowest BCUT2D eigenvalue weighted by molar-refractivity contribution is 0.0708. The normalized spacial score (nSPS) is 31.8. The van der Waals surface area contributed by atoms with Gasteiger partial charge < -0.3 is 5.32 Å². The van der Waals surface area contributed by atoms with Crippen molar-refractivity contribution in [2.75, 3.05) is 13.1 Å². The Morgan fingerprint density at radius 2 is 1.88 bits per heavy atom. The molecule has 2 rings (SSSR count). The van der Waals surface area contributed by atoms with Crippen LogP contribution < -0.4 is 5.32 Å². The molecule has 2 fully saturated rings. The molecule has 0 aromatic carbocycles. The minimum atomic E-state index is 0.628. The molecular weight excluding hydrogens is 208 g/mol. The zero-order valence-corrected chi connectivity index (χ0v) is 11.9. The Morgan fingerprint density at radius 3 is 2.65 bits per heavy atom. The summed E-state index contributed by atoms with van der Waals surface area (Å²) in [6.07, 6.45) is 8.68. The SMILES string of the molecule is CC(C)NCCC(C)N1CCCC2CCCC21. The second kappa shape index (κ2) is 6.19. The van der Waals surface area contributed by atoms with E-state index in [0.29, 0.717) is 6.04 Å². The van der Waals surface area contributed by atoms with Crippen LogP contribution in [-0.2, 0) is 0 Å². The van der Waals surface area contributed by atoms with Gasteiger partial charge in [0.05, 0.1) is 0 Å². The summed E-state index contributed by atoms with van der Waals surface area (Å²) in [5.74, 6) is 1.03. The van der Waals surface area contributed by atoms with Crippen molar-refractivity contribution in [3.63, 3.8) is 0 Å². The third kappa shape index (κ3) is 3.45. The van der Waals surface area contributed by atoms with Gasteiger partial charge in [0.15, 0.2) is 0 Å². The fraction of sp³-hybridized carbons (Fsp3) is 1.00. The van der Waals surface area contributed by atoms with Gasteiger partial charge in [0, 0.05) is 18.1 Å². The molecule has 1 aliphatic carbocycles. The smallest absolute Gasteiger partial charge is 0.0126 e. The summed E-state index contributed by atoms with van der Waals surface area (Å²) in [5.41, 5.74) is 0. The van der Waals surface area contributed by atoms with Crippen molar-refractivity contribution < 1.29 is 0 Å². The first-order chi connectivity index (χ1) is 8.18. The van der Waals surface area contributed by atoms with Gasteiger partial charge in [-0.3, -0.25) is 4.90 Å². The number of nitrogens with zero attached hydrogens (tertiary/aromatic N) is 1. The fourth-order valence-electron chi connectivity index (χ4n) is 3.79. The molecule has 2 aliphatic rings. The van der Waals surface area contributed by atoms with Gasteiger partial charge in [-0.05, 0) is 58.0 Å². The van der Waals surface area contributed by atoms with Crippen molar-refractivity contribution in [3.05, 3.63) is 0 Å². The van der Waals surface area contributed by atoms with Crippen LogP contribution in [0.5, 0.6) is 0 Å². The molecule has 3 atom stereocenters. The van der Waals surface area contributed by atoms with Crippen LogP contribution >= 0.6 is 0 Å². The molecular formula is C15H30N2. The maximum absolute atomic E-state index is 3.55. The number of piperidine rings is 1. The summed E-state index contributed by atoms with van der Waals surface area (Å²) in [4.78, 5) is 2.82. The van der Waals surface area contributed by atoms with Crippen molar-refractivity contribution in [1.82, 2.24) is 10.2 Å². The molecule has 2 heteroatoms. The molecule has 1 N–H and O–H groups in total. The highest BCUT2D eigenvalue weighted by molar-refractivity contribution is 4.91. The van der Waals surface area contributed by atoms with Gasteiger partial charge in [-0.25, -0.2) is 0 Å². The van der Waals surface area contributed by atoms with E-state index in [0.717, 1.165) is 18.0 Å². The van der Waals surface area contributed by atoms with E-state index in [1.54, 1.807) is 0 Å². The predicted molar refractivity (Wildman–Crippen MR) is 74.3 cm³/mol. The van der Waals surface area contributed by atoms with E-state index in [1.165, 1.54) is 51.6 Å². The Balaban J connectivity index is 1.79. The van der Waals surface area contributed by atoms with Gasteiger partial charge in [0.1, 0.15) is 0 Å². The second-order valence-corrected chi connectivity index (χ2v) is 6.38. The lowest BCUT2D eigenvalue weighted by Gasteiger charge is -2.41. The van der Waals surface area contributed by atoms with Gasteiger partial charge in [-0.15, -0.1) is 0 Å². The van der Waals surface area contributed by atoms with E-state index < -0.39 is 0 Å². The lowest BCUT2D eigenvalue weighted by atomic mass is 9.90. The quantitative estimate of drug-likeness (QED) is 0.792. The second-order valence-electron chi connectivity index (χ2n) is 6.38. The summed E-state index contributed by atoms with van der Waals surface area (Å²) in [7, 11) is 0. The Labute approximate surface area is 107 Å². The van der Waals surface area contributed by atoms with Crippen molar-refractivity contribution in [2.24, 2.45) is 5.92 Å². The van der Waals surface area contributed by atoms with Crippen molar-refractivity contribution in [2.45, 2.75) is 77.4 Å². The van der Waals surface area contributed by atoms with Gasteiger partial charge in [0.2, 0.25) is 0 Å². The maximum Gasteiger partial charge on any atom is 0.0126 e. The third-order valence-electron chi connectivity index (χ3n) is 4.72. The Hall–Kier alpha value is -0.0800. The zero-order valence-electron chi connectivity index (χ0n) is 11.9. The van der Waals surface area contributed by atoms with Gasteiger partial charge in [-0.1, -0.05) is 20.3 Å².